The molecule has 0 radical (unpaired) electrons. The summed E-state index contributed by atoms with van der Waals surface area (Å²) in [4.78, 5) is 13.5. The average Bonchev–Trinajstić information content (AvgIpc) is 2.64. The van der Waals surface area contributed by atoms with Crippen LogP contribution in [0, 0.1) is 5.92 Å². The van der Waals surface area contributed by atoms with Crippen LogP contribution in [0.1, 0.15) is 36.3 Å². The second-order valence-corrected chi connectivity index (χ2v) is 6.62. The predicted molar refractivity (Wildman–Crippen MR) is 103 cm³/mol. The number of carboxylic acids is 1. The molecule has 0 spiro atoms. The van der Waals surface area contributed by atoms with E-state index in [1.54, 1.807) is 0 Å². The highest BCUT2D eigenvalue weighted by molar-refractivity contribution is 5.85. The minimum atomic E-state index is -0.638. The molecule has 0 amide bonds. The number of rotatable bonds is 6. The van der Waals surface area contributed by atoms with Gasteiger partial charge in [-0.25, -0.2) is 0 Å². The molecule has 0 aromatic heterocycles. The first-order valence-electron chi connectivity index (χ1n) is 8.79. The Morgan fingerprint density at radius 3 is 1.88 bits per heavy atom. The van der Waals surface area contributed by atoms with Gasteiger partial charge in [-0.1, -0.05) is 60.7 Å². The molecule has 1 aliphatic heterocycles. The molecule has 1 fully saturated rings. The summed E-state index contributed by atoms with van der Waals surface area (Å²) >= 11 is 0. The topological polar surface area (TPSA) is 40.5 Å². The highest BCUT2D eigenvalue weighted by atomic mass is 35.5. The summed E-state index contributed by atoms with van der Waals surface area (Å²) in [6.45, 7) is 2.81. The maximum absolute atomic E-state index is 11.1. The zero-order valence-electron chi connectivity index (χ0n) is 14.4. The molecule has 0 aliphatic carbocycles. The summed E-state index contributed by atoms with van der Waals surface area (Å²) in [5.74, 6) is -0.397. The van der Waals surface area contributed by atoms with Crippen molar-refractivity contribution in [2.75, 3.05) is 19.6 Å². The van der Waals surface area contributed by atoms with Gasteiger partial charge < -0.3 is 10.0 Å². The number of hydrogen-bond donors (Lipinski definition) is 1. The van der Waals surface area contributed by atoms with Crippen molar-refractivity contribution >= 4 is 18.4 Å². The number of hydrogen-bond acceptors (Lipinski definition) is 2. The zero-order chi connectivity index (χ0) is 16.8. The Morgan fingerprint density at radius 2 is 1.44 bits per heavy atom. The van der Waals surface area contributed by atoms with E-state index in [4.69, 9.17) is 5.11 Å². The minimum absolute atomic E-state index is 0. The normalized spacial score (nSPS) is 15.7. The smallest absolute Gasteiger partial charge is 0.306 e. The molecule has 0 bridgehead atoms. The van der Waals surface area contributed by atoms with Gasteiger partial charge in [-0.05, 0) is 50.0 Å². The molecular weight excluding hydrogens is 334 g/mol. The fourth-order valence-electron chi connectivity index (χ4n) is 3.61. The van der Waals surface area contributed by atoms with Crippen molar-refractivity contribution < 1.29 is 9.90 Å². The van der Waals surface area contributed by atoms with Gasteiger partial charge in [-0.3, -0.25) is 4.79 Å². The molecule has 1 aliphatic rings. The van der Waals surface area contributed by atoms with Crippen molar-refractivity contribution in [1.82, 2.24) is 4.90 Å². The van der Waals surface area contributed by atoms with Gasteiger partial charge in [0.25, 0.3) is 0 Å². The molecule has 25 heavy (non-hydrogen) atoms. The minimum Gasteiger partial charge on any atom is -0.481 e. The molecule has 1 heterocycles. The summed E-state index contributed by atoms with van der Waals surface area (Å²) < 4.78 is 0. The lowest BCUT2D eigenvalue weighted by Gasteiger charge is -2.31. The first-order chi connectivity index (χ1) is 11.7. The molecule has 2 aromatic carbocycles. The van der Waals surface area contributed by atoms with E-state index in [2.05, 4.69) is 65.6 Å². The van der Waals surface area contributed by atoms with Crippen LogP contribution in [-0.4, -0.2) is 35.6 Å². The Morgan fingerprint density at radius 1 is 0.960 bits per heavy atom. The summed E-state index contributed by atoms with van der Waals surface area (Å²) in [5, 5.41) is 9.12. The van der Waals surface area contributed by atoms with E-state index in [9.17, 15) is 4.79 Å². The van der Waals surface area contributed by atoms with Gasteiger partial charge in [0, 0.05) is 5.92 Å². The molecule has 3 nitrogen and oxygen atoms in total. The number of carboxylic acid groups (broad SMARTS) is 1. The second kappa shape index (κ2) is 9.59. The van der Waals surface area contributed by atoms with E-state index >= 15 is 0 Å². The summed E-state index contributed by atoms with van der Waals surface area (Å²) in [6, 6.07) is 21.3. The second-order valence-electron chi connectivity index (χ2n) is 6.62. The molecule has 3 rings (SSSR count). The molecule has 1 saturated heterocycles. The Kier molecular flexibility index (Phi) is 7.48. The molecular formula is C21H26ClNO2. The maximum Gasteiger partial charge on any atom is 0.306 e. The standard InChI is InChI=1S/C21H25NO2.ClH/c23-21(24)19-11-14-22(15-12-19)16-13-20(17-7-3-1-4-8-17)18-9-5-2-6-10-18;/h1-10,19-20H,11-16H2,(H,23,24);1H. The lowest BCUT2D eigenvalue weighted by atomic mass is 9.88. The first kappa shape index (κ1) is 19.5. The number of carbonyl (C=O) groups is 1. The van der Waals surface area contributed by atoms with Crippen LogP contribution in [0.2, 0.25) is 0 Å². The average molecular weight is 360 g/mol. The summed E-state index contributed by atoms with van der Waals surface area (Å²) in [6.07, 6.45) is 2.61. The quantitative estimate of drug-likeness (QED) is 0.829. The van der Waals surface area contributed by atoms with Gasteiger partial charge in [-0.15, -0.1) is 12.4 Å². The van der Waals surface area contributed by atoms with Gasteiger partial charge >= 0.3 is 5.97 Å². The van der Waals surface area contributed by atoms with Crippen LogP contribution >= 0.6 is 12.4 Å². The Bertz CT molecular complexity index is 600. The van der Waals surface area contributed by atoms with Gasteiger partial charge in [0.1, 0.15) is 0 Å². The molecule has 0 atom stereocenters. The highest BCUT2D eigenvalue weighted by Gasteiger charge is 2.25. The van der Waals surface area contributed by atoms with Gasteiger partial charge in [0.05, 0.1) is 5.92 Å². The van der Waals surface area contributed by atoms with Crippen molar-refractivity contribution in [2.45, 2.75) is 25.2 Å². The third kappa shape index (κ3) is 5.32. The van der Waals surface area contributed by atoms with Gasteiger partial charge in [0.15, 0.2) is 0 Å². The van der Waals surface area contributed by atoms with E-state index in [1.165, 1.54) is 11.1 Å². The number of benzene rings is 2. The van der Waals surface area contributed by atoms with E-state index in [-0.39, 0.29) is 18.3 Å². The Hall–Kier alpha value is -1.84. The van der Waals surface area contributed by atoms with Crippen LogP contribution in [-0.2, 0) is 4.79 Å². The summed E-state index contributed by atoms with van der Waals surface area (Å²) in [7, 11) is 0. The molecule has 2 aromatic rings. The Labute approximate surface area is 156 Å². The largest absolute Gasteiger partial charge is 0.481 e. The number of piperidine rings is 1. The number of halogens is 1. The van der Waals surface area contributed by atoms with E-state index < -0.39 is 5.97 Å². The van der Waals surface area contributed by atoms with Crippen LogP contribution in [0.15, 0.2) is 60.7 Å². The highest BCUT2D eigenvalue weighted by Crippen LogP contribution is 2.29. The van der Waals surface area contributed by atoms with Gasteiger partial charge in [-0.2, -0.15) is 0 Å². The van der Waals surface area contributed by atoms with Crippen LogP contribution in [0.3, 0.4) is 0 Å². The third-order valence-corrected chi connectivity index (χ3v) is 5.07. The van der Waals surface area contributed by atoms with Crippen molar-refractivity contribution in [1.29, 1.82) is 0 Å². The number of likely N-dealkylation sites (tertiary alicyclic amines) is 1. The molecule has 134 valence electrons. The maximum atomic E-state index is 11.1. The van der Waals surface area contributed by atoms with Crippen molar-refractivity contribution in [3.05, 3.63) is 71.8 Å². The third-order valence-electron chi connectivity index (χ3n) is 5.07. The molecule has 0 saturated carbocycles. The van der Waals surface area contributed by atoms with Crippen molar-refractivity contribution in [3.8, 4) is 0 Å². The van der Waals surface area contributed by atoms with Crippen LogP contribution in [0.5, 0.6) is 0 Å². The van der Waals surface area contributed by atoms with Crippen LogP contribution in [0.25, 0.3) is 0 Å². The molecule has 0 unspecified atom stereocenters. The van der Waals surface area contributed by atoms with Crippen LogP contribution in [0.4, 0.5) is 0 Å². The summed E-state index contributed by atoms with van der Waals surface area (Å²) in [5.41, 5.74) is 2.70. The number of nitrogens with zero attached hydrogens (tertiary/aromatic N) is 1. The fraction of sp³-hybridized carbons (Fsp3) is 0.381. The first-order valence-corrected chi connectivity index (χ1v) is 8.79. The van der Waals surface area contributed by atoms with Crippen LogP contribution < -0.4 is 0 Å². The van der Waals surface area contributed by atoms with Crippen molar-refractivity contribution in [3.63, 3.8) is 0 Å². The van der Waals surface area contributed by atoms with E-state index in [0.717, 1.165) is 38.9 Å². The molecule has 4 heteroatoms. The number of aliphatic carboxylic acids is 1. The van der Waals surface area contributed by atoms with E-state index in [0.29, 0.717) is 5.92 Å². The van der Waals surface area contributed by atoms with E-state index in [1.807, 2.05) is 0 Å². The molecule has 1 N–H and O–H groups in total. The lowest BCUT2D eigenvalue weighted by molar-refractivity contribution is -0.143. The lowest BCUT2D eigenvalue weighted by Crippen LogP contribution is -2.37. The van der Waals surface area contributed by atoms with Crippen molar-refractivity contribution in [2.24, 2.45) is 5.92 Å². The fourth-order valence-corrected chi connectivity index (χ4v) is 3.61. The monoisotopic (exact) mass is 359 g/mol. The zero-order valence-corrected chi connectivity index (χ0v) is 15.2. The predicted octanol–water partition coefficient (Wildman–Crippen LogP) is 4.43. The SMILES string of the molecule is Cl.O=C(O)C1CCN(CCC(c2ccccc2)c2ccccc2)CC1. The van der Waals surface area contributed by atoms with Gasteiger partial charge in [0.2, 0.25) is 0 Å². The Balaban J connectivity index is 0.00000225.